The Morgan fingerprint density at radius 2 is 2.08 bits per heavy atom. The Morgan fingerprint density at radius 1 is 1.32 bits per heavy atom. The molecule has 7 nitrogen and oxygen atoms in total. The summed E-state index contributed by atoms with van der Waals surface area (Å²) in [6.45, 7) is 1.78. The Balaban J connectivity index is 0.00000225. The van der Waals surface area contributed by atoms with E-state index in [1.807, 2.05) is 0 Å². The summed E-state index contributed by atoms with van der Waals surface area (Å²) in [5.74, 6) is 1.33. The maximum atomic E-state index is 12.3. The normalized spacial score (nSPS) is 17.4. The quantitative estimate of drug-likeness (QED) is 0.738. The summed E-state index contributed by atoms with van der Waals surface area (Å²) < 4.78 is 1.59. The van der Waals surface area contributed by atoms with Crippen molar-refractivity contribution in [2.45, 2.75) is 19.0 Å². The van der Waals surface area contributed by atoms with Crippen LogP contribution in [0.1, 0.15) is 13.0 Å². The van der Waals surface area contributed by atoms with Crippen LogP contribution in [0.5, 0.6) is 0 Å². The lowest BCUT2D eigenvalue weighted by Gasteiger charge is -2.14. The van der Waals surface area contributed by atoms with Crippen molar-refractivity contribution in [3.05, 3.63) is 42.7 Å². The molecule has 1 saturated heterocycles. The first kappa shape index (κ1) is 19.3. The molecule has 1 fully saturated rings. The van der Waals surface area contributed by atoms with Gasteiger partial charge in [0, 0.05) is 35.4 Å². The highest BCUT2D eigenvalue weighted by Gasteiger charge is 2.22. The lowest BCUT2D eigenvalue weighted by molar-refractivity contribution is -0.119. The molecule has 1 aliphatic rings. The monoisotopic (exact) mass is 381 g/mol. The first-order valence-corrected chi connectivity index (χ1v) is 8.81. The molecular weight excluding hydrogens is 362 g/mol. The lowest BCUT2D eigenvalue weighted by atomic mass is 10.2. The van der Waals surface area contributed by atoms with Crippen LogP contribution in [0.4, 0.5) is 11.4 Å². The van der Waals surface area contributed by atoms with Crippen molar-refractivity contribution in [2.75, 3.05) is 22.3 Å². The van der Waals surface area contributed by atoms with Gasteiger partial charge in [0.25, 0.3) is 0 Å². The molecule has 3 N–H and O–H groups in total. The fraction of sp³-hybridized carbons (Fsp3) is 0.312. The zero-order valence-corrected chi connectivity index (χ0v) is 15.3. The van der Waals surface area contributed by atoms with Crippen LogP contribution in [-0.2, 0) is 9.59 Å². The number of nitrogens with one attached hydrogen (secondary N) is 3. The van der Waals surface area contributed by atoms with Gasteiger partial charge >= 0.3 is 0 Å². The fourth-order valence-electron chi connectivity index (χ4n) is 2.34. The fourth-order valence-corrected chi connectivity index (χ4v) is 3.29. The van der Waals surface area contributed by atoms with Gasteiger partial charge in [0.1, 0.15) is 6.04 Å². The molecule has 25 heavy (non-hydrogen) atoms. The SMILES string of the molecule is CC(C(=O)Nc1cccc(NC(=O)C2CSCN2)c1)n1cccn1.Cl. The number of hydrogen-bond donors (Lipinski definition) is 3. The van der Waals surface area contributed by atoms with E-state index in [1.54, 1.807) is 66.1 Å². The number of benzene rings is 1. The molecule has 2 heterocycles. The molecule has 2 atom stereocenters. The molecule has 1 aromatic carbocycles. The molecule has 0 bridgehead atoms. The van der Waals surface area contributed by atoms with Crippen LogP contribution in [0.3, 0.4) is 0 Å². The summed E-state index contributed by atoms with van der Waals surface area (Å²) in [5.41, 5.74) is 1.29. The van der Waals surface area contributed by atoms with Crippen molar-refractivity contribution in [3.8, 4) is 0 Å². The Labute approximate surface area is 156 Å². The second-order valence-corrected chi connectivity index (χ2v) is 6.52. The predicted molar refractivity (Wildman–Crippen MR) is 102 cm³/mol. The maximum Gasteiger partial charge on any atom is 0.248 e. The number of hydrogen-bond acceptors (Lipinski definition) is 5. The zero-order valence-electron chi connectivity index (χ0n) is 13.6. The largest absolute Gasteiger partial charge is 0.325 e. The molecule has 2 aromatic rings. The van der Waals surface area contributed by atoms with Gasteiger partial charge in [-0.2, -0.15) is 5.10 Å². The van der Waals surface area contributed by atoms with Gasteiger partial charge < -0.3 is 10.6 Å². The van der Waals surface area contributed by atoms with Gasteiger partial charge in [0.2, 0.25) is 11.8 Å². The van der Waals surface area contributed by atoms with Crippen molar-refractivity contribution in [1.29, 1.82) is 0 Å². The molecule has 0 spiro atoms. The number of amides is 2. The summed E-state index contributed by atoms with van der Waals surface area (Å²) in [7, 11) is 0. The molecule has 2 amide bonds. The van der Waals surface area contributed by atoms with Crippen molar-refractivity contribution in [3.63, 3.8) is 0 Å². The minimum absolute atomic E-state index is 0. The highest BCUT2D eigenvalue weighted by atomic mass is 35.5. The number of carbonyl (C=O) groups excluding carboxylic acids is 2. The minimum Gasteiger partial charge on any atom is -0.325 e. The van der Waals surface area contributed by atoms with E-state index in [0.717, 1.165) is 11.6 Å². The van der Waals surface area contributed by atoms with Crippen LogP contribution in [0.15, 0.2) is 42.7 Å². The number of rotatable bonds is 5. The maximum absolute atomic E-state index is 12.3. The molecule has 1 aromatic heterocycles. The number of anilines is 2. The molecule has 0 radical (unpaired) electrons. The Kier molecular flexibility index (Phi) is 6.86. The molecule has 3 rings (SSSR count). The predicted octanol–water partition coefficient (Wildman–Crippen LogP) is 2.11. The first-order chi connectivity index (χ1) is 11.6. The van der Waals surface area contributed by atoms with Crippen molar-refractivity contribution in [1.82, 2.24) is 15.1 Å². The van der Waals surface area contributed by atoms with E-state index in [9.17, 15) is 9.59 Å². The smallest absolute Gasteiger partial charge is 0.248 e. The highest BCUT2D eigenvalue weighted by Crippen LogP contribution is 2.18. The summed E-state index contributed by atoms with van der Waals surface area (Å²) in [4.78, 5) is 24.4. The molecule has 1 aliphatic heterocycles. The summed E-state index contributed by atoms with van der Waals surface area (Å²) >= 11 is 1.70. The van der Waals surface area contributed by atoms with Gasteiger partial charge in [-0.3, -0.25) is 19.6 Å². The zero-order chi connectivity index (χ0) is 16.9. The van der Waals surface area contributed by atoms with Gasteiger partial charge in [-0.05, 0) is 31.2 Å². The van der Waals surface area contributed by atoms with Crippen molar-refractivity contribution >= 4 is 47.4 Å². The Bertz CT molecular complexity index is 719. The lowest BCUT2D eigenvalue weighted by Crippen LogP contribution is -2.37. The average Bonchev–Trinajstić information content (AvgIpc) is 3.28. The summed E-state index contributed by atoms with van der Waals surface area (Å²) in [6.07, 6.45) is 3.38. The van der Waals surface area contributed by atoms with E-state index in [-0.39, 0.29) is 30.3 Å². The average molecular weight is 382 g/mol. The van der Waals surface area contributed by atoms with Crippen LogP contribution in [0, 0.1) is 0 Å². The second kappa shape index (κ2) is 8.89. The van der Waals surface area contributed by atoms with Crippen molar-refractivity contribution < 1.29 is 9.59 Å². The number of nitrogens with zero attached hydrogens (tertiary/aromatic N) is 2. The molecule has 0 saturated carbocycles. The van der Waals surface area contributed by atoms with Gasteiger partial charge in [0.15, 0.2) is 0 Å². The van der Waals surface area contributed by atoms with E-state index in [1.165, 1.54) is 0 Å². The van der Waals surface area contributed by atoms with Gasteiger partial charge in [-0.1, -0.05) is 6.07 Å². The van der Waals surface area contributed by atoms with E-state index < -0.39 is 6.04 Å². The minimum atomic E-state index is -0.419. The second-order valence-electron chi connectivity index (χ2n) is 5.49. The third-order valence-corrected chi connectivity index (χ3v) is 4.67. The van der Waals surface area contributed by atoms with E-state index in [0.29, 0.717) is 11.4 Å². The Hall–Kier alpha value is -2.03. The third-order valence-electron chi connectivity index (χ3n) is 3.73. The van der Waals surface area contributed by atoms with Gasteiger partial charge in [0.05, 0.1) is 6.04 Å². The number of halogens is 1. The highest BCUT2D eigenvalue weighted by molar-refractivity contribution is 7.99. The van der Waals surface area contributed by atoms with Crippen molar-refractivity contribution in [2.24, 2.45) is 0 Å². The molecule has 2 unspecified atom stereocenters. The molecule has 0 aliphatic carbocycles. The molecule has 134 valence electrons. The van der Waals surface area contributed by atoms with E-state index in [4.69, 9.17) is 0 Å². The summed E-state index contributed by atoms with van der Waals surface area (Å²) in [6, 6.07) is 8.30. The molecular formula is C16H20ClN5O2S. The summed E-state index contributed by atoms with van der Waals surface area (Å²) in [5, 5.41) is 12.9. The molecule has 9 heteroatoms. The van der Waals surface area contributed by atoms with Crippen LogP contribution in [0.2, 0.25) is 0 Å². The third kappa shape index (κ3) is 4.97. The number of aromatic nitrogens is 2. The van der Waals surface area contributed by atoms with Crippen LogP contribution >= 0.6 is 24.2 Å². The van der Waals surface area contributed by atoms with Gasteiger partial charge in [-0.15, -0.1) is 24.2 Å². The van der Waals surface area contributed by atoms with Crippen LogP contribution in [0.25, 0.3) is 0 Å². The van der Waals surface area contributed by atoms with E-state index >= 15 is 0 Å². The first-order valence-electron chi connectivity index (χ1n) is 7.65. The Morgan fingerprint density at radius 3 is 2.72 bits per heavy atom. The number of carbonyl (C=O) groups is 2. The van der Waals surface area contributed by atoms with Crippen LogP contribution < -0.4 is 16.0 Å². The van der Waals surface area contributed by atoms with Gasteiger partial charge in [-0.25, -0.2) is 0 Å². The van der Waals surface area contributed by atoms with Crippen LogP contribution in [-0.4, -0.2) is 39.3 Å². The standard InChI is InChI=1S/C16H19N5O2S.ClH/c1-11(21-7-3-6-18-21)15(22)19-12-4-2-5-13(8-12)20-16(23)14-9-24-10-17-14;/h2-8,11,14,17H,9-10H2,1H3,(H,19,22)(H,20,23);1H. The number of thioether (sulfide) groups is 1. The topological polar surface area (TPSA) is 88.0 Å². The van der Waals surface area contributed by atoms with E-state index in [2.05, 4.69) is 21.0 Å².